The van der Waals surface area contributed by atoms with Crippen LogP contribution in [0, 0.1) is 6.92 Å². The maximum Gasteiger partial charge on any atom is 0.205 e. The van der Waals surface area contributed by atoms with E-state index in [1.54, 1.807) is 0 Å². The van der Waals surface area contributed by atoms with Gasteiger partial charge in [-0.2, -0.15) is 4.37 Å². The molecule has 0 spiro atoms. The van der Waals surface area contributed by atoms with Gasteiger partial charge in [-0.3, -0.25) is 0 Å². The lowest BCUT2D eigenvalue weighted by molar-refractivity contribution is 0.687. The van der Waals surface area contributed by atoms with Crippen molar-refractivity contribution in [2.45, 2.75) is 33.2 Å². The predicted molar refractivity (Wildman–Crippen MR) is 68.5 cm³/mol. The highest BCUT2D eigenvalue weighted by Crippen LogP contribution is 2.19. The van der Waals surface area contributed by atoms with Gasteiger partial charge < -0.3 is 10.6 Å². The Bertz CT molecular complexity index is 335. The first-order valence-electron chi connectivity index (χ1n) is 4.86. The van der Waals surface area contributed by atoms with Crippen LogP contribution in [0.15, 0.2) is 0 Å². The van der Waals surface area contributed by atoms with E-state index < -0.39 is 0 Å². The molecule has 1 aromatic rings. The summed E-state index contributed by atoms with van der Waals surface area (Å²) >= 11 is 6.29. The third-order valence-electron chi connectivity index (χ3n) is 1.99. The van der Waals surface area contributed by atoms with E-state index in [2.05, 4.69) is 28.1 Å². The second-order valence-corrected chi connectivity index (χ2v) is 4.88. The van der Waals surface area contributed by atoms with Crippen LogP contribution in [0.4, 0.5) is 5.13 Å². The second kappa shape index (κ2) is 5.37. The van der Waals surface area contributed by atoms with Gasteiger partial charge in [0.05, 0.1) is 4.99 Å². The third kappa shape index (κ3) is 3.71. The number of thiocarbonyl (C=S) groups is 1. The average Bonchev–Trinajstić information content (AvgIpc) is 2.51. The molecular weight excluding hydrogens is 228 g/mol. The fourth-order valence-electron chi connectivity index (χ4n) is 1.21. The summed E-state index contributed by atoms with van der Waals surface area (Å²) in [6.07, 6.45) is 0.714. The zero-order chi connectivity index (χ0) is 11.4. The molecule has 0 bridgehead atoms. The lowest BCUT2D eigenvalue weighted by atomic mass is 10.3. The lowest BCUT2D eigenvalue weighted by Crippen LogP contribution is -2.33. The molecule has 0 unspecified atom stereocenters. The zero-order valence-corrected chi connectivity index (χ0v) is 10.9. The van der Waals surface area contributed by atoms with Gasteiger partial charge >= 0.3 is 0 Å². The summed E-state index contributed by atoms with van der Waals surface area (Å²) in [6.45, 7) is 6.94. The number of aryl methyl sites for hydroxylation is 1. The molecule has 0 saturated heterocycles. The van der Waals surface area contributed by atoms with Gasteiger partial charge in [-0.05, 0) is 20.8 Å². The highest BCUT2D eigenvalue weighted by Gasteiger charge is 2.14. The number of hydrogen-bond donors (Lipinski definition) is 1. The maximum atomic E-state index is 5.50. The van der Waals surface area contributed by atoms with Crippen molar-refractivity contribution < 1.29 is 0 Å². The van der Waals surface area contributed by atoms with E-state index in [-0.39, 0.29) is 0 Å². The normalized spacial score (nSPS) is 10.7. The number of anilines is 1. The first-order valence-corrected chi connectivity index (χ1v) is 6.04. The van der Waals surface area contributed by atoms with Crippen LogP contribution in [-0.2, 0) is 0 Å². The topological polar surface area (TPSA) is 55.0 Å². The number of nitrogens with zero attached hydrogens (tertiary/aromatic N) is 3. The molecule has 0 radical (unpaired) electrons. The number of hydrogen-bond acceptors (Lipinski definition) is 5. The molecule has 1 rings (SSSR count). The van der Waals surface area contributed by atoms with Crippen molar-refractivity contribution >= 4 is 33.9 Å². The van der Waals surface area contributed by atoms with E-state index in [4.69, 9.17) is 18.0 Å². The molecule has 15 heavy (non-hydrogen) atoms. The molecule has 84 valence electrons. The smallest absolute Gasteiger partial charge is 0.205 e. The summed E-state index contributed by atoms with van der Waals surface area (Å²) in [5.41, 5.74) is 5.50. The fraction of sp³-hybridized carbons (Fsp3) is 0.667. The van der Waals surface area contributed by atoms with E-state index in [1.165, 1.54) is 11.5 Å². The standard InChI is InChI=1S/C9H16N4S2/c1-6(2)13(5-4-8(10)14)9-11-7(3)12-15-9/h6H,4-5H2,1-3H3,(H2,10,14). The molecule has 0 aliphatic carbocycles. The Hall–Kier alpha value is -0.750. The first kappa shape index (κ1) is 12.3. The Morgan fingerprint density at radius 2 is 2.27 bits per heavy atom. The average molecular weight is 244 g/mol. The minimum Gasteiger partial charge on any atom is -0.393 e. The summed E-state index contributed by atoms with van der Waals surface area (Å²) in [7, 11) is 0. The fourth-order valence-corrected chi connectivity index (χ4v) is 2.13. The first-order chi connectivity index (χ1) is 7.00. The van der Waals surface area contributed by atoms with Gasteiger partial charge in [-0.1, -0.05) is 12.2 Å². The molecule has 4 nitrogen and oxygen atoms in total. The van der Waals surface area contributed by atoms with Crippen LogP contribution < -0.4 is 10.6 Å². The van der Waals surface area contributed by atoms with Crippen LogP contribution in [0.3, 0.4) is 0 Å². The SMILES string of the molecule is Cc1nsc(N(CCC(N)=S)C(C)C)n1. The van der Waals surface area contributed by atoms with Crippen LogP contribution in [0.25, 0.3) is 0 Å². The highest BCUT2D eigenvalue weighted by molar-refractivity contribution is 7.80. The van der Waals surface area contributed by atoms with E-state index >= 15 is 0 Å². The van der Waals surface area contributed by atoms with Gasteiger partial charge in [0.2, 0.25) is 5.13 Å². The molecule has 0 atom stereocenters. The summed E-state index contributed by atoms with van der Waals surface area (Å²) in [5.74, 6) is 0.816. The molecular formula is C9H16N4S2. The van der Waals surface area contributed by atoms with Gasteiger partial charge in [0, 0.05) is 30.5 Å². The van der Waals surface area contributed by atoms with Crippen molar-refractivity contribution in [1.82, 2.24) is 9.36 Å². The molecule has 0 saturated carbocycles. The number of nitrogens with two attached hydrogens (primary N) is 1. The molecule has 2 N–H and O–H groups in total. The van der Waals surface area contributed by atoms with Gasteiger partial charge in [-0.15, -0.1) is 0 Å². The minimum atomic E-state index is 0.381. The molecule has 1 aromatic heterocycles. The third-order valence-corrected chi connectivity index (χ3v) is 3.03. The number of rotatable bonds is 5. The van der Waals surface area contributed by atoms with Crippen molar-refractivity contribution in [3.63, 3.8) is 0 Å². The lowest BCUT2D eigenvalue weighted by Gasteiger charge is -2.25. The van der Waals surface area contributed by atoms with Crippen LogP contribution in [-0.4, -0.2) is 26.9 Å². The molecule has 6 heteroatoms. The molecule has 0 fully saturated rings. The van der Waals surface area contributed by atoms with Crippen LogP contribution >= 0.6 is 23.8 Å². The highest BCUT2D eigenvalue weighted by atomic mass is 32.1. The number of aromatic nitrogens is 2. The van der Waals surface area contributed by atoms with E-state index in [9.17, 15) is 0 Å². The van der Waals surface area contributed by atoms with Crippen molar-refractivity contribution in [1.29, 1.82) is 0 Å². The molecule has 1 heterocycles. The van der Waals surface area contributed by atoms with Gasteiger partial charge in [0.1, 0.15) is 5.82 Å². The zero-order valence-electron chi connectivity index (χ0n) is 9.23. The van der Waals surface area contributed by atoms with Crippen LogP contribution in [0.1, 0.15) is 26.1 Å². The Balaban J connectivity index is 2.70. The molecule has 0 aliphatic heterocycles. The van der Waals surface area contributed by atoms with Gasteiger partial charge in [-0.25, -0.2) is 4.98 Å². The Morgan fingerprint density at radius 3 is 2.67 bits per heavy atom. The molecule has 0 aliphatic rings. The minimum absolute atomic E-state index is 0.381. The summed E-state index contributed by atoms with van der Waals surface area (Å²) in [6, 6.07) is 0.381. The van der Waals surface area contributed by atoms with E-state index in [1.807, 2.05) is 6.92 Å². The largest absolute Gasteiger partial charge is 0.393 e. The van der Waals surface area contributed by atoms with Gasteiger partial charge in [0.15, 0.2) is 0 Å². The summed E-state index contributed by atoms with van der Waals surface area (Å²) in [4.78, 5) is 7.07. The molecule has 0 aromatic carbocycles. The van der Waals surface area contributed by atoms with Crippen LogP contribution in [0.2, 0.25) is 0 Å². The predicted octanol–water partition coefficient (Wildman–Crippen LogP) is 1.74. The van der Waals surface area contributed by atoms with Crippen LogP contribution in [0.5, 0.6) is 0 Å². The van der Waals surface area contributed by atoms with Crippen molar-refractivity contribution in [2.24, 2.45) is 5.73 Å². The Morgan fingerprint density at radius 1 is 1.60 bits per heavy atom. The van der Waals surface area contributed by atoms with Gasteiger partial charge in [0.25, 0.3) is 0 Å². The van der Waals surface area contributed by atoms with Crippen molar-refractivity contribution in [3.8, 4) is 0 Å². The van der Waals surface area contributed by atoms with E-state index in [0.717, 1.165) is 17.5 Å². The maximum absolute atomic E-state index is 5.50. The van der Waals surface area contributed by atoms with Crippen molar-refractivity contribution in [2.75, 3.05) is 11.4 Å². The second-order valence-electron chi connectivity index (χ2n) is 3.63. The van der Waals surface area contributed by atoms with Crippen molar-refractivity contribution in [3.05, 3.63) is 5.82 Å². The van der Waals surface area contributed by atoms with E-state index in [0.29, 0.717) is 17.5 Å². The molecule has 0 amide bonds. The monoisotopic (exact) mass is 244 g/mol. The Kier molecular flexibility index (Phi) is 4.41. The quantitative estimate of drug-likeness (QED) is 0.800. The summed E-state index contributed by atoms with van der Waals surface area (Å²) in [5, 5.41) is 0.943. The summed E-state index contributed by atoms with van der Waals surface area (Å²) < 4.78 is 4.17. The Labute approximate surface area is 99.7 Å².